The van der Waals surface area contributed by atoms with Crippen molar-refractivity contribution in [2.45, 2.75) is 17.9 Å². The molecule has 1 atom stereocenters. The van der Waals surface area contributed by atoms with Gasteiger partial charge in [-0.1, -0.05) is 35.9 Å². The van der Waals surface area contributed by atoms with Crippen LogP contribution in [-0.4, -0.2) is 56.2 Å². The Balaban J connectivity index is 1.50. The van der Waals surface area contributed by atoms with Crippen LogP contribution < -0.4 is 9.47 Å². The van der Waals surface area contributed by atoms with Gasteiger partial charge in [0.2, 0.25) is 10.0 Å². The summed E-state index contributed by atoms with van der Waals surface area (Å²) in [5.41, 5.74) is 1.51. The number of methoxy groups -OCH3 is 1. The topological polar surface area (TPSA) is 71.4 Å². The van der Waals surface area contributed by atoms with E-state index in [1.54, 1.807) is 25.3 Å². The molecule has 0 radical (unpaired) electrons. The predicted molar refractivity (Wildman–Crippen MR) is 132 cm³/mol. The van der Waals surface area contributed by atoms with E-state index in [0.29, 0.717) is 47.6 Å². The largest absolute Gasteiger partial charge is 0.493 e. The number of nitrogens with zero attached hydrogens (tertiary/aromatic N) is 3. The molecule has 1 saturated heterocycles. The molecule has 0 amide bonds. The first-order chi connectivity index (χ1) is 16.4. The SMILES string of the molecule is COc1cccc2c1Oc1ccccc1N=C2N1CCN(S(=O)(=O)c2cccc(Cl)c2)[C@@H](C)C1. The third kappa shape index (κ3) is 4.02. The van der Waals surface area contributed by atoms with Gasteiger partial charge in [-0.2, -0.15) is 4.31 Å². The highest BCUT2D eigenvalue weighted by atomic mass is 35.5. The Morgan fingerprint density at radius 1 is 1.06 bits per heavy atom. The average molecular weight is 498 g/mol. The van der Waals surface area contributed by atoms with Gasteiger partial charge >= 0.3 is 0 Å². The Kier molecular flexibility index (Phi) is 5.97. The van der Waals surface area contributed by atoms with Crippen molar-refractivity contribution >= 4 is 33.1 Å². The van der Waals surface area contributed by atoms with Gasteiger partial charge in [-0.15, -0.1) is 0 Å². The molecule has 5 rings (SSSR count). The number of fused-ring (bicyclic) bond motifs is 2. The zero-order valence-corrected chi connectivity index (χ0v) is 20.4. The number of piperazine rings is 1. The maximum absolute atomic E-state index is 13.3. The van der Waals surface area contributed by atoms with E-state index in [1.807, 2.05) is 49.4 Å². The molecule has 0 saturated carbocycles. The standard InChI is InChI=1S/C25H24ClN3O4S/c1-17-16-28(13-14-29(17)34(30,31)19-8-5-7-18(26)15-19)25-20-9-6-12-23(32-2)24(20)33-22-11-4-3-10-21(22)27-25/h3-12,15,17H,13-14,16H2,1-2H3/t17-/m0/s1. The summed E-state index contributed by atoms with van der Waals surface area (Å²) in [5.74, 6) is 2.57. The lowest BCUT2D eigenvalue weighted by Crippen LogP contribution is -2.55. The van der Waals surface area contributed by atoms with E-state index < -0.39 is 10.0 Å². The maximum atomic E-state index is 13.3. The Labute approximate surface area is 204 Å². The van der Waals surface area contributed by atoms with Crippen LogP contribution in [0.2, 0.25) is 5.02 Å². The second-order valence-electron chi connectivity index (χ2n) is 8.21. The van der Waals surface area contributed by atoms with Crippen LogP contribution in [0.3, 0.4) is 0 Å². The fraction of sp³-hybridized carbons (Fsp3) is 0.240. The summed E-state index contributed by atoms with van der Waals surface area (Å²) in [5, 5.41) is 0.393. The van der Waals surface area contributed by atoms with Crippen LogP contribution >= 0.6 is 11.6 Å². The van der Waals surface area contributed by atoms with E-state index in [9.17, 15) is 8.42 Å². The summed E-state index contributed by atoms with van der Waals surface area (Å²) in [4.78, 5) is 7.26. The summed E-state index contributed by atoms with van der Waals surface area (Å²) >= 11 is 6.05. The number of amidine groups is 1. The molecule has 9 heteroatoms. The van der Waals surface area contributed by atoms with Gasteiger partial charge in [-0.05, 0) is 49.4 Å². The van der Waals surface area contributed by atoms with Crippen LogP contribution in [0.25, 0.3) is 0 Å². The Bertz CT molecular complexity index is 1380. The number of para-hydroxylation sites is 3. The van der Waals surface area contributed by atoms with Gasteiger partial charge < -0.3 is 14.4 Å². The highest BCUT2D eigenvalue weighted by molar-refractivity contribution is 7.89. The van der Waals surface area contributed by atoms with Crippen molar-refractivity contribution in [1.29, 1.82) is 0 Å². The minimum Gasteiger partial charge on any atom is -0.493 e. The molecule has 7 nitrogen and oxygen atoms in total. The first kappa shape index (κ1) is 22.7. The number of hydrogen-bond donors (Lipinski definition) is 0. The van der Waals surface area contributed by atoms with Crippen LogP contribution in [0.5, 0.6) is 17.2 Å². The van der Waals surface area contributed by atoms with Crippen molar-refractivity contribution in [3.8, 4) is 17.2 Å². The van der Waals surface area contributed by atoms with Crippen molar-refractivity contribution < 1.29 is 17.9 Å². The number of aliphatic imine (C=N–C) groups is 1. The summed E-state index contributed by atoms with van der Waals surface area (Å²) in [6.45, 7) is 3.17. The fourth-order valence-electron chi connectivity index (χ4n) is 4.37. The molecule has 0 spiro atoms. The van der Waals surface area contributed by atoms with Crippen LogP contribution in [0.1, 0.15) is 12.5 Å². The second-order valence-corrected chi connectivity index (χ2v) is 10.5. The lowest BCUT2D eigenvalue weighted by atomic mass is 10.1. The van der Waals surface area contributed by atoms with Crippen LogP contribution in [-0.2, 0) is 10.0 Å². The second kappa shape index (κ2) is 8.94. The van der Waals surface area contributed by atoms with E-state index in [2.05, 4.69) is 4.90 Å². The van der Waals surface area contributed by atoms with E-state index in [0.717, 1.165) is 11.4 Å². The summed E-state index contributed by atoms with van der Waals surface area (Å²) in [6.07, 6.45) is 0. The molecule has 2 heterocycles. The first-order valence-corrected chi connectivity index (χ1v) is 12.8. The summed E-state index contributed by atoms with van der Waals surface area (Å²) < 4.78 is 40.0. The molecule has 2 aliphatic rings. The van der Waals surface area contributed by atoms with Crippen molar-refractivity contribution in [3.63, 3.8) is 0 Å². The van der Waals surface area contributed by atoms with Crippen molar-refractivity contribution in [1.82, 2.24) is 9.21 Å². The summed E-state index contributed by atoms with van der Waals surface area (Å²) in [7, 11) is -2.07. The number of halogens is 1. The summed E-state index contributed by atoms with van der Waals surface area (Å²) in [6, 6.07) is 19.4. The molecule has 0 N–H and O–H groups in total. The zero-order chi connectivity index (χ0) is 23.9. The van der Waals surface area contributed by atoms with Crippen LogP contribution in [0.4, 0.5) is 5.69 Å². The van der Waals surface area contributed by atoms with Crippen molar-refractivity contribution in [3.05, 3.63) is 77.3 Å². The Morgan fingerprint density at radius 2 is 1.85 bits per heavy atom. The van der Waals surface area contributed by atoms with Gasteiger partial charge in [-0.3, -0.25) is 0 Å². The van der Waals surface area contributed by atoms with Gasteiger partial charge in [0.1, 0.15) is 11.5 Å². The number of ether oxygens (including phenoxy) is 2. The Morgan fingerprint density at radius 3 is 2.62 bits per heavy atom. The number of sulfonamides is 1. The number of hydrogen-bond acceptors (Lipinski definition) is 6. The Hall–Kier alpha value is -3.07. The molecule has 0 aromatic heterocycles. The molecule has 0 bridgehead atoms. The van der Waals surface area contributed by atoms with Crippen LogP contribution in [0, 0.1) is 0 Å². The molecule has 34 heavy (non-hydrogen) atoms. The molecule has 0 aliphatic carbocycles. The first-order valence-electron chi connectivity index (χ1n) is 10.9. The van der Waals surface area contributed by atoms with E-state index >= 15 is 0 Å². The number of benzene rings is 3. The molecule has 3 aromatic carbocycles. The van der Waals surface area contributed by atoms with E-state index in [1.165, 1.54) is 10.4 Å². The molecular formula is C25H24ClN3O4S. The smallest absolute Gasteiger partial charge is 0.243 e. The molecule has 2 aliphatic heterocycles. The highest BCUT2D eigenvalue weighted by Crippen LogP contribution is 2.43. The highest BCUT2D eigenvalue weighted by Gasteiger charge is 2.36. The molecule has 176 valence electrons. The van der Waals surface area contributed by atoms with Crippen LogP contribution in [0.15, 0.2) is 76.6 Å². The quantitative estimate of drug-likeness (QED) is 0.513. The lowest BCUT2D eigenvalue weighted by molar-refractivity contribution is 0.205. The minimum absolute atomic E-state index is 0.199. The average Bonchev–Trinajstić information content (AvgIpc) is 3.00. The van der Waals surface area contributed by atoms with Crippen molar-refractivity contribution in [2.75, 3.05) is 26.7 Å². The van der Waals surface area contributed by atoms with E-state index in [-0.39, 0.29) is 10.9 Å². The lowest BCUT2D eigenvalue weighted by Gasteiger charge is -2.40. The van der Waals surface area contributed by atoms with Gasteiger partial charge in [0, 0.05) is 30.7 Å². The molecule has 1 fully saturated rings. The monoisotopic (exact) mass is 497 g/mol. The normalized spacial score (nSPS) is 18.3. The molecule has 0 unspecified atom stereocenters. The number of rotatable bonds is 3. The third-order valence-electron chi connectivity index (χ3n) is 6.01. The maximum Gasteiger partial charge on any atom is 0.243 e. The van der Waals surface area contributed by atoms with Gasteiger partial charge in [0.15, 0.2) is 17.2 Å². The third-order valence-corrected chi connectivity index (χ3v) is 8.26. The van der Waals surface area contributed by atoms with Gasteiger partial charge in [0.25, 0.3) is 0 Å². The van der Waals surface area contributed by atoms with Gasteiger partial charge in [-0.25, -0.2) is 13.4 Å². The van der Waals surface area contributed by atoms with Crippen molar-refractivity contribution in [2.24, 2.45) is 4.99 Å². The minimum atomic E-state index is -3.68. The van der Waals surface area contributed by atoms with Gasteiger partial charge in [0.05, 0.1) is 17.6 Å². The predicted octanol–water partition coefficient (Wildman–Crippen LogP) is 4.93. The zero-order valence-electron chi connectivity index (χ0n) is 18.8. The molecular weight excluding hydrogens is 474 g/mol. The molecule has 3 aromatic rings. The fourth-order valence-corrected chi connectivity index (χ4v) is 6.29. The van der Waals surface area contributed by atoms with E-state index in [4.69, 9.17) is 26.1 Å².